The zero-order chi connectivity index (χ0) is 19.2. The van der Waals surface area contributed by atoms with Gasteiger partial charge < -0.3 is 15.1 Å². The molecule has 0 unspecified atom stereocenters. The third kappa shape index (κ3) is 4.14. The van der Waals surface area contributed by atoms with Gasteiger partial charge in [0.1, 0.15) is 0 Å². The molecule has 28 heavy (non-hydrogen) atoms. The monoisotopic (exact) mass is 375 g/mol. The average Bonchev–Trinajstić information content (AvgIpc) is 3.31. The minimum atomic E-state index is 0.697. The molecule has 3 aromatic rings. The number of benzene rings is 1. The third-order valence-corrected chi connectivity index (χ3v) is 4.91. The van der Waals surface area contributed by atoms with Crippen LogP contribution in [0.4, 0.5) is 5.69 Å². The van der Waals surface area contributed by atoms with E-state index in [0.29, 0.717) is 6.54 Å². The number of para-hydroxylation sites is 1. The van der Waals surface area contributed by atoms with Crippen LogP contribution < -0.4 is 10.2 Å². The predicted octanol–water partition coefficient (Wildman–Crippen LogP) is 2.16. The maximum Gasteiger partial charge on any atom is 0.194 e. The van der Waals surface area contributed by atoms with Crippen molar-refractivity contribution in [1.82, 2.24) is 25.0 Å². The summed E-state index contributed by atoms with van der Waals surface area (Å²) in [6.07, 6.45) is 5.46. The van der Waals surface area contributed by atoms with Crippen LogP contribution in [0.1, 0.15) is 5.56 Å². The fourth-order valence-corrected chi connectivity index (χ4v) is 3.43. The SMILES string of the molecule is CN=C(NCc1ccnc(-n2cccn2)c1)N1CCN(c2ccccc2)CC1. The second-order valence-electron chi connectivity index (χ2n) is 6.68. The summed E-state index contributed by atoms with van der Waals surface area (Å²) < 4.78 is 1.77. The van der Waals surface area contributed by atoms with Crippen molar-refractivity contribution in [2.45, 2.75) is 6.54 Å². The molecule has 1 saturated heterocycles. The highest BCUT2D eigenvalue weighted by molar-refractivity contribution is 5.80. The lowest BCUT2D eigenvalue weighted by Gasteiger charge is -2.37. The maximum atomic E-state index is 4.48. The molecule has 7 nitrogen and oxygen atoms in total. The molecule has 0 atom stereocenters. The van der Waals surface area contributed by atoms with Crippen molar-refractivity contribution in [1.29, 1.82) is 0 Å². The van der Waals surface area contributed by atoms with Crippen molar-refractivity contribution in [3.8, 4) is 5.82 Å². The number of pyridine rings is 1. The standard InChI is InChI=1S/C21H25N7/c1-22-21(27-14-12-26(13-15-27)19-6-3-2-4-7-19)24-17-18-8-10-23-20(16-18)28-11-5-9-25-28/h2-11,16H,12-15,17H2,1H3,(H,22,24). The number of rotatable bonds is 4. The number of aliphatic imine (C=N–C) groups is 1. The first-order valence-electron chi connectivity index (χ1n) is 9.54. The summed E-state index contributed by atoms with van der Waals surface area (Å²) in [7, 11) is 1.84. The van der Waals surface area contributed by atoms with Gasteiger partial charge in [0, 0.05) is 64.0 Å². The molecule has 7 heteroatoms. The van der Waals surface area contributed by atoms with Crippen molar-refractivity contribution in [2.75, 3.05) is 38.1 Å². The van der Waals surface area contributed by atoms with E-state index in [1.807, 2.05) is 37.6 Å². The van der Waals surface area contributed by atoms with Gasteiger partial charge in [0.2, 0.25) is 0 Å². The molecule has 1 aliphatic heterocycles. The molecule has 4 rings (SSSR count). The lowest BCUT2D eigenvalue weighted by Crippen LogP contribution is -2.52. The van der Waals surface area contributed by atoms with Crippen LogP contribution >= 0.6 is 0 Å². The summed E-state index contributed by atoms with van der Waals surface area (Å²) in [5.74, 6) is 1.75. The van der Waals surface area contributed by atoms with Crippen molar-refractivity contribution in [3.05, 3.63) is 72.7 Å². The molecule has 2 aromatic heterocycles. The summed E-state index contributed by atoms with van der Waals surface area (Å²) in [5.41, 5.74) is 2.43. The van der Waals surface area contributed by atoms with Crippen LogP contribution in [0.2, 0.25) is 0 Å². The Balaban J connectivity index is 1.34. The number of aromatic nitrogens is 3. The Labute approximate surface area is 165 Å². The smallest absolute Gasteiger partial charge is 0.194 e. The molecule has 0 saturated carbocycles. The van der Waals surface area contributed by atoms with E-state index in [1.54, 1.807) is 10.9 Å². The molecule has 0 bridgehead atoms. The molecule has 0 amide bonds. The Bertz CT molecular complexity index is 898. The fourth-order valence-electron chi connectivity index (χ4n) is 3.43. The Morgan fingerprint density at radius 1 is 1.04 bits per heavy atom. The summed E-state index contributed by atoms with van der Waals surface area (Å²) in [6.45, 7) is 4.57. The number of guanidine groups is 1. The highest BCUT2D eigenvalue weighted by Crippen LogP contribution is 2.15. The molecule has 0 spiro atoms. The minimum absolute atomic E-state index is 0.697. The number of nitrogens with one attached hydrogen (secondary N) is 1. The molecule has 144 valence electrons. The summed E-state index contributed by atoms with van der Waals surface area (Å²) in [6, 6.07) is 16.5. The molecular weight excluding hydrogens is 350 g/mol. The van der Waals surface area contributed by atoms with Crippen LogP contribution in [-0.4, -0.2) is 58.9 Å². The van der Waals surface area contributed by atoms with Gasteiger partial charge in [-0.1, -0.05) is 18.2 Å². The van der Waals surface area contributed by atoms with Crippen LogP contribution in [0.15, 0.2) is 72.1 Å². The molecule has 1 fully saturated rings. The topological polar surface area (TPSA) is 61.6 Å². The van der Waals surface area contributed by atoms with E-state index in [2.05, 4.69) is 60.5 Å². The van der Waals surface area contributed by atoms with E-state index in [9.17, 15) is 0 Å². The lowest BCUT2D eigenvalue weighted by molar-refractivity contribution is 0.372. The van der Waals surface area contributed by atoms with Crippen LogP contribution in [0.25, 0.3) is 5.82 Å². The largest absolute Gasteiger partial charge is 0.368 e. The number of piperazine rings is 1. The summed E-state index contributed by atoms with van der Waals surface area (Å²) in [4.78, 5) is 13.6. The van der Waals surface area contributed by atoms with E-state index in [-0.39, 0.29) is 0 Å². The van der Waals surface area contributed by atoms with Gasteiger partial charge in [-0.15, -0.1) is 0 Å². The van der Waals surface area contributed by atoms with Crippen molar-refractivity contribution < 1.29 is 0 Å². The Kier molecular flexibility index (Phi) is 5.51. The quantitative estimate of drug-likeness (QED) is 0.559. The third-order valence-electron chi connectivity index (χ3n) is 4.91. The van der Waals surface area contributed by atoms with Gasteiger partial charge in [-0.05, 0) is 35.9 Å². The second kappa shape index (κ2) is 8.56. The molecule has 1 N–H and O–H groups in total. The van der Waals surface area contributed by atoms with Crippen LogP contribution in [0.3, 0.4) is 0 Å². The average molecular weight is 375 g/mol. The molecule has 3 heterocycles. The van der Waals surface area contributed by atoms with Crippen molar-refractivity contribution in [3.63, 3.8) is 0 Å². The minimum Gasteiger partial charge on any atom is -0.368 e. The van der Waals surface area contributed by atoms with Crippen molar-refractivity contribution in [2.24, 2.45) is 4.99 Å². The van der Waals surface area contributed by atoms with E-state index in [4.69, 9.17) is 0 Å². The Morgan fingerprint density at radius 2 is 1.86 bits per heavy atom. The predicted molar refractivity (Wildman–Crippen MR) is 112 cm³/mol. The van der Waals surface area contributed by atoms with Gasteiger partial charge in [0.15, 0.2) is 11.8 Å². The van der Waals surface area contributed by atoms with Crippen LogP contribution in [-0.2, 0) is 6.54 Å². The highest BCUT2D eigenvalue weighted by atomic mass is 15.3. The number of nitrogens with zero attached hydrogens (tertiary/aromatic N) is 6. The Hall–Kier alpha value is -3.35. The first kappa shape index (κ1) is 18.0. The van der Waals surface area contributed by atoms with Gasteiger partial charge in [-0.25, -0.2) is 9.67 Å². The first-order chi connectivity index (χ1) is 13.8. The van der Waals surface area contributed by atoms with E-state index < -0.39 is 0 Å². The summed E-state index contributed by atoms with van der Waals surface area (Å²) >= 11 is 0. The Morgan fingerprint density at radius 3 is 2.57 bits per heavy atom. The molecular formula is C21H25N7. The highest BCUT2D eigenvalue weighted by Gasteiger charge is 2.19. The van der Waals surface area contributed by atoms with Crippen LogP contribution in [0.5, 0.6) is 0 Å². The van der Waals surface area contributed by atoms with E-state index in [0.717, 1.165) is 43.5 Å². The number of anilines is 1. The van der Waals surface area contributed by atoms with Gasteiger partial charge in [0.25, 0.3) is 0 Å². The van der Waals surface area contributed by atoms with Gasteiger partial charge >= 0.3 is 0 Å². The normalized spacial score (nSPS) is 15.0. The number of hydrogen-bond donors (Lipinski definition) is 1. The van der Waals surface area contributed by atoms with Gasteiger partial charge in [-0.3, -0.25) is 4.99 Å². The van der Waals surface area contributed by atoms with Crippen LogP contribution in [0, 0.1) is 0 Å². The van der Waals surface area contributed by atoms with Crippen molar-refractivity contribution >= 4 is 11.6 Å². The van der Waals surface area contributed by atoms with Gasteiger partial charge in [-0.2, -0.15) is 5.10 Å². The first-order valence-corrected chi connectivity index (χ1v) is 9.54. The second-order valence-corrected chi connectivity index (χ2v) is 6.68. The fraction of sp³-hybridized carbons (Fsp3) is 0.286. The van der Waals surface area contributed by atoms with Gasteiger partial charge in [0.05, 0.1) is 0 Å². The zero-order valence-electron chi connectivity index (χ0n) is 16.1. The number of hydrogen-bond acceptors (Lipinski definition) is 4. The maximum absolute atomic E-state index is 4.48. The summed E-state index contributed by atoms with van der Waals surface area (Å²) in [5, 5.41) is 7.72. The van der Waals surface area contributed by atoms with E-state index in [1.165, 1.54) is 5.69 Å². The molecule has 1 aromatic carbocycles. The molecule has 0 aliphatic carbocycles. The lowest BCUT2D eigenvalue weighted by atomic mass is 10.2. The van der Waals surface area contributed by atoms with E-state index >= 15 is 0 Å². The molecule has 0 radical (unpaired) electrons. The molecule has 1 aliphatic rings. The zero-order valence-corrected chi connectivity index (χ0v) is 16.1.